The fraction of sp³-hybridized carbons (Fsp3) is 0.824. The maximum atomic E-state index is 5.66. The zero-order valence-electron chi connectivity index (χ0n) is 15.8. The van der Waals surface area contributed by atoms with Crippen LogP contribution in [0.1, 0.15) is 37.3 Å². The van der Waals surface area contributed by atoms with Crippen LogP contribution in [0.2, 0.25) is 0 Å². The van der Waals surface area contributed by atoms with Gasteiger partial charge < -0.3 is 24.7 Å². The molecule has 0 radical (unpaired) electrons. The lowest BCUT2D eigenvalue weighted by Gasteiger charge is -2.12. The van der Waals surface area contributed by atoms with Gasteiger partial charge in [0, 0.05) is 47.1 Å². The number of ether oxygens (including phenoxy) is 2. The fourth-order valence-corrected chi connectivity index (χ4v) is 2.25. The van der Waals surface area contributed by atoms with Gasteiger partial charge in [0.2, 0.25) is 0 Å². The third kappa shape index (κ3) is 7.83. The van der Waals surface area contributed by atoms with Crippen LogP contribution >= 0.6 is 0 Å². The van der Waals surface area contributed by atoms with Gasteiger partial charge in [0.05, 0.1) is 0 Å². The lowest BCUT2D eigenvalue weighted by atomic mass is 10.4. The van der Waals surface area contributed by atoms with E-state index in [0.717, 1.165) is 69.3 Å². The summed E-state index contributed by atoms with van der Waals surface area (Å²) in [5, 5.41) is 14.9. The molecule has 0 spiro atoms. The Morgan fingerprint density at radius 3 is 2.52 bits per heavy atom. The van der Waals surface area contributed by atoms with Gasteiger partial charge >= 0.3 is 0 Å². The van der Waals surface area contributed by atoms with Crippen LogP contribution in [0.4, 0.5) is 0 Å². The Bertz CT molecular complexity index is 527. The Morgan fingerprint density at radius 2 is 1.92 bits per heavy atom. The molecule has 0 amide bonds. The largest absolute Gasteiger partial charge is 0.385 e. The van der Waals surface area contributed by atoms with Crippen molar-refractivity contribution in [1.29, 1.82) is 0 Å². The molecule has 8 heteroatoms. The number of aryl methyl sites for hydroxylation is 1. The van der Waals surface area contributed by atoms with Gasteiger partial charge in [0.25, 0.3) is 0 Å². The van der Waals surface area contributed by atoms with E-state index in [1.54, 1.807) is 7.11 Å². The average molecular weight is 352 g/mol. The van der Waals surface area contributed by atoms with Gasteiger partial charge in [-0.25, -0.2) is 4.99 Å². The summed E-state index contributed by atoms with van der Waals surface area (Å²) >= 11 is 0. The van der Waals surface area contributed by atoms with Crippen molar-refractivity contribution < 1.29 is 9.47 Å². The van der Waals surface area contributed by atoms with Crippen LogP contribution in [0.15, 0.2) is 4.99 Å². The van der Waals surface area contributed by atoms with E-state index in [4.69, 9.17) is 9.47 Å². The molecular formula is C17H32N6O2. The van der Waals surface area contributed by atoms with E-state index in [2.05, 4.69) is 25.8 Å². The zero-order chi connectivity index (χ0) is 17.9. The van der Waals surface area contributed by atoms with Crippen LogP contribution in [-0.4, -0.2) is 60.7 Å². The summed E-state index contributed by atoms with van der Waals surface area (Å²) in [6, 6.07) is 0. The molecule has 1 aliphatic rings. The predicted molar refractivity (Wildman–Crippen MR) is 97.5 cm³/mol. The second kappa shape index (κ2) is 11.0. The van der Waals surface area contributed by atoms with Crippen LogP contribution in [-0.2, 0) is 23.1 Å². The molecule has 1 saturated carbocycles. The number of aromatic nitrogens is 3. The summed E-state index contributed by atoms with van der Waals surface area (Å²) in [4.78, 5) is 4.61. The Kier molecular flexibility index (Phi) is 8.68. The minimum Gasteiger partial charge on any atom is -0.385 e. The molecule has 1 heterocycles. The Hall–Kier alpha value is -1.67. The van der Waals surface area contributed by atoms with Gasteiger partial charge in [0.1, 0.15) is 12.4 Å². The first kappa shape index (κ1) is 19.7. The first-order valence-electron chi connectivity index (χ1n) is 9.14. The van der Waals surface area contributed by atoms with Gasteiger partial charge in [-0.2, -0.15) is 0 Å². The molecule has 8 nitrogen and oxygen atoms in total. The van der Waals surface area contributed by atoms with Crippen molar-refractivity contribution in [2.75, 3.05) is 40.0 Å². The lowest BCUT2D eigenvalue weighted by molar-refractivity contribution is 0.123. The minimum absolute atomic E-state index is 0.495. The van der Waals surface area contributed by atoms with E-state index < -0.39 is 0 Å². The van der Waals surface area contributed by atoms with Crippen molar-refractivity contribution in [3.63, 3.8) is 0 Å². The Labute approximate surface area is 150 Å². The summed E-state index contributed by atoms with van der Waals surface area (Å²) in [6.07, 6.45) is 4.57. The molecule has 25 heavy (non-hydrogen) atoms. The maximum Gasteiger partial charge on any atom is 0.191 e. The van der Waals surface area contributed by atoms with Crippen molar-refractivity contribution >= 4 is 5.96 Å². The predicted octanol–water partition coefficient (Wildman–Crippen LogP) is 1.01. The molecule has 1 fully saturated rings. The van der Waals surface area contributed by atoms with Crippen LogP contribution in [0.3, 0.4) is 0 Å². The van der Waals surface area contributed by atoms with E-state index in [0.29, 0.717) is 6.54 Å². The van der Waals surface area contributed by atoms with E-state index in [-0.39, 0.29) is 0 Å². The second-order valence-electron chi connectivity index (χ2n) is 6.46. The third-order valence-corrected chi connectivity index (χ3v) is 4.19. The first-order chi connectivity index (χ1) is 12.2. The van der Waals surface area contributed by atoms with Crippen LogP contribution in [0, 0.1) is 12.8 Å². The standard InChI is InChI=1S/C17H32N6O2/c1-14-21-22-16(23(14)2)12-20-17(18-8-4-10-24-3)19-9-5-11-25-13-15-6-7-15/h15H,4-13H2,1-3H3,(H2,18,19,20). The number of hydrogen-bond acceptors (Lipinski definition) is 5. The minimum atomic E-state index is 0.495. The molecule has 2 N–H and O–H groups in total. The number of hydrogen-bond donors (Lipinski definition) is 2. The first-order valence-corrected chi connectivity index (χ1v) is 9.14. The van der Waals surface area contributed by atoms with Crippen molar-refractivity contribution in [2.24, 2.45) is 18.0 Å². The summed E-state index contributed by atoms with van der Waals surface area (Å²) in [6.45, 7) is 6.52. The number of guanidine groups is 1. The maximum absolute atomic E-state index is 5.66. The molecule has 0 atom stereocenters. The topological polar surface area (TPSA) is 85.6 Å². The van der Waals surface area contributed by atoms with Crippen LogP contribution in [0.25, 0.3) is 0 Å². The van der Waals surface area contributed by atoms with E-state index in [9.17, 15) is 0 Å². The van der Waals surface area contributed by atoms with E-state index >= 15 is 0 Å². The highest BCUT2D eigenvalue weighted by Gasteiger charge is 2.20. The Balaban J connectivity index is 1.72. The van der Waals surface area contributed by atoms with Gasteiger partial charge in [-0.1, -0.05) is 0 Å². The Morgan fingerprint density at radius 1 is 1.20 bits per heavy atom. The van der Waals surface area contributed by atoms with E-state index in [1.807, 2.05) is 18.5 Å². The van der Waals surface area contributed by atoms with Gasteiger partial charge in [-0.3, -0.25) is 0 Å². The number of methoxy groups -OCH3 is 1. The molecule has 142 valence electrons. The second-order valence-corrected chi connectivity index (χ2v) is 6.46. The van der Waals surface area contributed by atoms with Crippen LogP contribution in [0.5, 0.6) is 0 Å². The number of rotatable bonds is 12. The fourth-order valence-electron chi connectivity index (χ4n) is 2.25. The molecule has 1 aromatic rings. The molecule has 1 aliphatic carbocycles. The highest BCUT2D eigenvalue weighted by molar-refractivity contribution is 5.79. The number of nitrogens with one attached hydrogen (secondary N) is 2. The summed E-state index contributed by atoms with van der Waals surface area (Å²) < 4.78 is 12.7. The number of nitrogens with zero attached hydrogens (tertiary/aromatic N) is 4. The molecule has 0 bridgehead atoms. The molecule has 0 unspecified atom stereocenters. The quantitative estimate of drug-likeness (QED) is 0.332. The SMILES string of the molecule is COCCCNC(=NCc1nnc(C)n1C)NCCCOCC1CC1. The van der Waals surface area contributed by atoms with Gasteiger partial charge in [-0.15, -0.1) is 10.2 Å². The highest BCUT2D eigenvalue weighted by atomic mass is 16.5. The smallest absolute Gasteiger partial charge is 0.191 e. The highest BCUT2D eigenvalue weighted by Crippen LogP contribution is 2.28. The summed E-state index contributed by atoms with van der Waals surface area (Å²) in [5.74, 6) is 3.35. The molecule has 2 rings (SSSR count). The molecule has 1 aromatic heterocycles. The van der Waals surface area contributed by atoms with Gasteiger partial charge in [-0.05, 0) is 38.5 Å². The average Bonchev–Trinajstić information content (AvgIpc) is 3.38. The van der Waals surface area contributed by atoms with Gasteiger partial charge in [0.15, 0.2) is 11.8 Å². The number of aliphatic imine (C=N–C) groups is 1. The van der Waals surface area contributed by atoms with Crippen molar-refractivity contribution in [3.05, 3.63) is 11.6 Å². The van der Waals surface area contributed by atoms with Crippen molar-refractivity contribution in [2.45, 2.75) is 39.2 Å². The normalized spacial score (nSPS) is 14.8. The molecule has 0 aliphatic heterocycles. The zero-order valence-corrected chi connectivity index (χ0v) is 15.8. The van der Waals surface area contributed by atoms with E-state index in [1.165, 1.54) is 12.8 Å². The monoisotopic (exact) mass is 352 g/mol. The summed E-state index contributed by atoms with van der Waals surface area (Å²) in [5.41, 5.74) is 0. The van der Waals surface area contributed by atoms with Crippen molar-refractivity contribution in [3.8, 4) is 0 Å². The molecule has 0 aromatic carbocycles. The van der Waals surface area contributed by atoms with Crippen LogP contribution < -0.4 is 10.6 Å². The summed E-state index contributed by atoms with van der Waals surface area (Å²) in [7, 11) is 3.67. The molecule has 0 saturated heterocycles. The molecular weight excluding hydrogens is 320 g/mol. The third-order valence-electron chi connectivity index (χ3n) is 4.19. The van der Waals surface area contributed by atoms with Crippen molar-refractivity contribution in [1.82, 2.24) is 25.4 Å². The lowest BCUT2D eigenvalue weighted by Crippen LogP contribution is -2.39.